The summed E-state index contributed by atoms with van der Waals surface area (Å²) in [6.07, 6.45) is 5.23. The third-order valence-corrected chi connectivity index (χ3v) is 3.88. The number of nitrogens with zero attached hydrogens (tertiary/aromatic N) is 3. The molecule has 0 bridgehead atoms. The average Bonchev–Trinajstić information content (AvgIpc) is 2.41. The molecule has 0 aromatic carbocycles. The second kappa shape index (κ2) is 5.92. The first kappa shape index (κ1) is 14.3. The van der Waals surface area contributed by atoms with Gasteiger partial charge in [-0.3, -0.25) is 4.98 Å². The van der Waals surface area contributed by atoms with E-state index >= 15 is 0 Å². The van der Waals surface area contributed by atoms with E-state index in [9.17, 15) is 0 Å². The molecular formula is C14H17N5S. The van der Waals surface area contributed by atoms with E-state index < -0.39 is 0 Å². The van der Waals surface area contributed by atoms with E-state index in [-0.39, 0.29) is 5.95 Å². The lowest BCUT2D eigenvalue weighted by molar-refractivity contribution is 0.831. The fourth-order valence-electron chi connectivity index (χ4n) is 1.69. The summed E-state index contributed by atoms with van der Waals surface area (Å²) in [7, 11) is 0. The molecule has 0 aliphatic heterocycles. The molecular weight excluding hydrogens is 270 g/mol. The first-order chi connectivity index (χ1) is 9.51. The molecule has 0 saturated carbocycles. The minimum absolute atomic E-state index is 0.178. The van der Waals surface area contributed by atoms with Gasteiger partial charge in [0.25, 0.3) is 0 Å². The Balaban J connectivity index is 2.43. The second-order valence-electron chi connectivity index (χ2n) is 4.59. The standard InChI is InChI=1S/C14H17N5S/c1-4-9-5-11(10(6-17-9)8(2)3)20-12-7-18-14(16)19-13(12)15/h4-8H,1H2,2-3H3,(H4,15,16,18,19). The van der Waals surface area contributed by atoms with Crippen molar-refractivity contribution in [1.82, 2.24) is 15.0 Å². The van der Waals surface area contributed by atoms with Crippen molar-refractivity contribution in [1.29, 1.82) is 0 Å². The Morgan fingerprint density at radius 3 is 2.55 bits per heavy atom. The summed E-state index contributed by atoms with van der Waals surface area (Å²) in [5.41, 5.74) is 13.4. The number of hydrogen-bond acceptors (Lipinski definition) is 6. The van der Waals surface area contributed by atoms with E-state index in [1.165, 1.54) is 11.8 Å². The van der Waals surface area contributed by atoms with Gasteiger partial charge in [0.1, 0.15) is 5.82 Å². The lowest BCUT2D eigenvalue weighted by atomic mass is 10.1. The van der Waals surface area contributed by atoms with E-state index in [2.05, 4.69) is 35.4 Å². The minimum Gasteiger partial charge on any atom is -0.383 e. The van der Waals surface area contributed by atoms with Crippen LogP contribution in [0.15, 0.2) is 34.8 Å². The summed E-state index contributed by atoms with van der Waals surface area (Å²) in [4.78, 5) is 14.2. The van der Waals surface area contributed by atoms with Gasteiger partial charge in [-0.25, -0.2) is 4.98 Å². The molecule has 0 spiro atoms. The SMILES string of the molecule is C=Cc1cc(Sc2cnc(N)nc2N)c(C(C)C)cn1. The van der Waals surface area contributed by atoms with Crippen molar-refractivity contribution in [3.8, 4) is 0 Å². The fraction of sp³-hybridized carbons (Fsp3) is 0.214. The third kappa shape index (κ3) is 3.08. The minimum atomic E-state index is 0.178. The van der Waals surface area contributed by atoms with Gasteiger partial charge < -0.3 is 11.5 Å². The molecule has 0 unspecified atom stereocenters. The number of hydrogen-bond donors (Lipinski definition) is 2. The highest BCUT2D eigenvalue weighted by Gasteiger charge is 2.12. The third-order valence-electron chi connectivity index (χ3n) is 2.77. The van der Waals surface area contributed by atoms with Crippen LogP contribution < -0.4 is 11.5 Å². The van der Waals surface area contributed by atoms with Crippen LogP contribution in [0.1, 0.15) is 31.0 Å². The van der Waals surface area contributed by atoms with Crippen molar-refractivity contribution < 1.29 is 0 Å². The van der Waals surface area contributed by atoms with Gasteiger partial charge in [-0.15, -0.1) is 0 Å². The molecule has 0 amide bonds. The zero-order valence-electron chi connectivity index (χ0n) is 11.5. The highest BCUT2D eigenvalue weighted by atomic mass is 32.2. The van der Waals surface area contributed by atoms with Gasteiger partial charge in [-0.1, -0.05) is 32.2 Å². The molecule has 0 saturated heterocycles. The summed E-state index contributed by atoms with van der Waals surface area (Å²) in [5.74, 6) is 0.923. The van der Waals surface area contributed by atoms with Crippen LogP contribution in [0.4, 0.5) is 11.8 Å². The maximum Gasteiger partial charge on any atom is 0.221 e. The van der Waals surface area contributed by atoms with E-state index in [1.54, 1.807) is 12.3 Å². The molecule has 20 heavy (non-hydrogen) atoms. The average molecular weight is 287 g/mol. The van der Waals surface area contributed by atoms with Crippen LogP contribution in [0.2, 0.25) is 0 Å². The van der Waals surface area contributed by atoms with Crippen molar-refractivity contribution in [2.45, 2.75) is 29.6 Å². The van der Waals surface area contributed by atoms with E-state index in [1.807, 2.05) is 12.3 Å². The summed E-state index contributed by atoms with van der Waals surface area (Å²) in [6.45, 7) is 7.99. The van der Waals surface area contributed by atoms with Crippen molar-refractivity contribution in [2.75, 3.05) is 11.5 Å². The molecule has 0 atom stereocenters. The molecule has 104 valence electrons. The van der Waals surface area contributed by atoms with Gasteiger partial charge in [0.05, 0.1) is 10.6 Å². The molecule has 0 radical (unpaired) electrons. The zero-order valence-corrected chi connectivity index (χ0v) is 12.3. The van der Waals surface area contributed by atoms with Crippen molar-refractivity contribution in [3.63, 3.8) is 0 Å². The Morgan fingerprint density at radius 2 is 1.95 bits per heavy atom. The Bertz CT molecular complexity index is 639. The number of nitrogens with two attached hydrogens (primary N) is 2. The number of rotatable bonds is 4. The van der Waals surface area contributed by atoms with Crippen LogP contribution in [-0.2, 0) is 0 Å². The first-order valence-corrected chi connectivity index (χ1v) is 7.01. The van der Waals surface area contributed by atoms with Crippen LogP contribution in [-0.4, -0.2) is 15.0 Å². The highest BCUT2D eigenvalue weighted by molar-refractivity contribution is 7.99. The maximum absolute atomic E-state index is 5.88. The van der Waals surface area contributed by atoms with Crippen LogP contribution >= 0.6 is 11.8 Å². The number of nitrogen functional groups attached to an aromatic ring is 2. The first-order valence-electron chi connectivity index (χ1n) is 6.19. The topological polar surface area (TPSA) is 90.7 Å². The van der Waals surface area contributed by atoms with Gasteiger partial charge >= 0.3 is 0 Å². The van der Waals surface area contributed by atoms with Crippen LogP contribution in [0.5, 0.6) is 0 Å². The van der Waals surface area contributed by atoms with E-state index in [0.29, 0.717) is 11.7 Å². The number of anilines is 2. The quantitative estimate of drug-likeness (QED) is 0.898. The Kier molecular flexibility index (Phi) is 4.24. The molecule has 4 N–H and O–H groups in total. The summed E-state index contributed by atoms with van der Waals surface area (Å²) in [5, 5.41) is 0. The molecule has 6 heteroatoms. The Morgan fingerprint density at radius 1 is 1.20 bits per heavy atom. The van der Waals surface area contributed by atoms with Gasteiger partial charge in [0.15, 0.2) is 0 Å². The molecule has 2 aromatic rings. The van der Waals surface area contributed by atoms with E-state index in [0.717, 1.165) is 21.0 Å². The number of aromatic nitrogens is 3. The van der Waals surface area contributed by atoms with Crippen LogP contribution in [0.3, 0.4) is 0 Å². The Hall–Kier alpha value is -2.08. The largest absolute Gasteiger partial charge is 0.383 e. The monoisotopic (exact) mass is 287 g/mol. The molecule has 2 rings (SSSR count). The van der Waals surface area contributed by atoms with Gasteiger partial charge in [-0.2, -0.15) is 4.98 Å². The number of pyridine rings is 1. The fourth-order valence-corrected chi connectivity index (χ4v) is 2.77. The van der Waals surface area contributed by atoms with Crippen molar-refractivity contribution >= 4 is 29.6 Å². The van der Waals surface area contributed by atoms with E-state index in [4.69, 9.17) is 11.5 Å². The van der Waals surface area contributed by atoms with Gasteiger partial charge in [-0.05, 0) is 23.6 Å². The summed E-state index contributed by atoms with van der Waals surface area (Å²) < 4.78 is 0. The maximum atomic E-state index is 5.88. The zero-order chi connectivity index (χ0) is 14.7. The normalized spacial score (nSPS) is 10.8. The predicted octanol–water partition coefficient (Wildman–Crippen LogP) is 2.95. The highest BCUT2D eigenvalue weighted by Crippen LogP contribution is 2.36. The lowest BCUT2D eigenvalue weighted by Gasteiger charge is -2.13. The van der Waals surface area contributed by atoms with Gasteiger partial charge in [0, 0.05) is 17.3 Å². The molecule has 5 nitrogen and oxygen atoms in total. The van der Waals surface area contributed by atoms with Crippen LogP contribution in [0.25, 0.3) is 6.08 Å². The molecule has 2 aromatic heterocycles. The summed E-state index contributed by atoms with van der Waals surface area (Å²) >= 11 is 1.51. The van der Waals surface area contributed by atoms with Gasteiger partial charge in [0.2, 0.25) is 5.95 Å². The van der Waals surface area contributed by atoms with Crippen LogP contribution in [0, 0.1) is 0 Å². The predicted molar refractivity (Wildman–Crippen MR) is 83.4 cm³/mol. The molecule has 0 aliphatic rings. The lowest BCUT2D eigenvalue weighted by Crippen LogP contribution is -2.01. The molecule has 2 heterocycles. The smallest absolute Gasteiger partial charge is 0.221 e. The molecule has 0 fully saturated rings. The Labute approximate surface area is 122 Å². The van der Waals surface area contributed by atoms with Crippen molar-refractivity contribution in [2.24, 2.45) is 0 Å². The molecule has 0 aliphatic carbocycles. The summed E-state index contributed by atoms with van der Waals surface area (Å²) in [6, 6.07) is 1.99. The van der Waals surface area contributed by atoms with Crippen molar-refractivity contribution in [3.05, 3.63) is 36.3 Å². The second-order valence-corrected chi connectivity index (χ2v) is 5.67.